The summed E-state index contributed by atoms with van der Waals surface area (Å²) in [6.45, 7) is 0. The SMILES string of the molecule is N#C/C(=C\Nc1ccc(F)cc1[N+](=O)[O-])c1nc(-c2cccc(Br)c2)cs1. The first-order chi connectivity index (χ1) is 13.0. The van der Waals surface area contributed by atoms with Crippen LogP contribution >= 0.6 is 27.3 Å². The number of benzene rings is 2. The molecular weight excluding hydrogens is 435 g/mol. The van der Waals surface area contributed by atoms with Crippen LogP contribution in [0.25, 0.3) is 16.8 Å². The quantitative estimate of drug-likeness (QED) is 0.314. The fraction of sp³-hybridized carbons (Fsp3) is 0. The monoisotopic (exact) mass is 444 g/mol. The molecule has 1 heterocycles. The topological polar surface area (TPSA) is 91.8 Å². The molecule has 0 unspecified atom stereocenters. The molecule has 0 amide bonds. The van der Waals surface area contributed by atoms with Crippen molar-refractivity contribution in [1.29, 1.82) is 5.26 Å². The highest BCUT2D eigenvalue weighted by molar-refractivity contribution is 9.10. The Hall–Kier alpha value is -3.09. The molecule has 0 saturated carbocycles. The summed E-state index contributed by atoms with van der Waals surface area (Å²) < 4.78 is 14.1. The maximum absolute atomic E-state index is 13.2. The van der Waals surface area contributed by atoms with Crippen molar-refractivity contribution in [2.45, 2.75) is 0 Å². The maximum Gasteiger partial charge on any atom is 0.295 e. The number of nitriles is 1. The molecule has 0 aliphatic heterocycles. The number of hydrogen-bond donors (Lipinski definition) is 1. The van der Waals surface area contributed by atoms with E-state index in [0.717, 1.165) is 22.2 Å². The minimum absolute atomic E-state index is 0.0814. The van der Waals surface area contributed by atoms with Gasteiger partial charge in [-0.15, -0.1) is 11.3 Å². The normalized spacial score (nSPS) is 11.1. The Morgan fingerprint density at radius 2 is 2.19 bits per heavy atom. The highest BCUT2D eigenvalue weighted by atomic mass is 79.9. The van der Waals surface area contributed by atoms with E-state index >= 15 is 0 Å². The Bertz CT molecular complexity index is 1090. The summed E-state index contributed by atoms with van der Waals surface area (Å²) in [5.74, 6) is -0.713. The lowest BCUT2D eigenvalue weighted by molar-refractivity contribution is -0.384. The number of allylic oxidation sites excluding steroid dienone is 1. The second kappa shape index (κ2) is 8.07. The van der Waals surface area contributed by atoms with Gasteiger partial charge in [0.1, 0.15) is 28.2 Å². The van der Waals surface area contributed by atoms with E-state index in [4.69, 9.17) is 0 Å². The third kappa shape index (κ3) is 4.36. The molecule has 9 heteroatoms. The number of rotatable bonds is 5. The fourth-order valence-corrected chi connectivity index (χ4v) is 3.44. The van der Waals surface area contributed by atoms with Gasteiger partial charge in [0.15, 0.2) is 0 Å². The molecule has 1 N–H and O–H groups in total. The third-order valence-electron chi connectivity index (χ3n) is 3.50. The number of hydrogen-bond acceptors (Lipinski definition) is 6. The van der Waals surface area contributed by atoms with Crippen LogP contribution in [0.15, 0.2) is 58.5 Å². The van der Waals surface area contributed by atoms with Crippen LogP contribution in [-0.4, -0.2) is 9.91 Å². The number of aromatic nitrogens is 1. The van der Waals surface area contributed by atoms with Gasteiger partial charge in [0.05, 0.1) is 16.7 Å². The van der Waals surface area contributed by atoms with Crippen LogP contribution < -0.4 is 5.32 Å². The van der Waals surface area contributed by atoms with E-state index in [0.29, 0.717) is 10.7 Å². The van der Waals surface area contributed by atoms with Gasteiger partial charge in [-0.3, -0.25) is 10.1 Å². The molecule has 3 aromatic rings. The number of nitrogens with zero attached hydrogens (tertiary/aromatic N) is 3. The molecule has 0 fully saturated rings. The number of nitro groups is 1. The van der Waals surface area contributed by atoms with E-state index in [2.05, 4.69) is 26.2 Å². The lowest BCUT2D eigenvalue weighted by Gasteiger charge is -2.03. The lowest BCUT2D eigenvalue weighted by Crippen LogP contribution is -1.97. The van der Waals surface area contributed by atoms with Crippen LogP contribution in [0.4, 0.5) is 15.8 Å². The zero-order valence-electron chi connectivity index (χ0n) is 13.5. The number of anilines is 1. The predicted molar refractivity (Wildman–Crippen MR) is 106 cm³/mol. The number of nitrogens with one attached hydrogen (secondary N) is 1. The van der Waals surface area contributed by atoms with Crippen molar-refractivity contribution in [1.82, 2.24) is 4.98 Å². The van der Waals surface area contributed by atoms with Crippen LogP contribution in [-0.2, 0) is 0 Å². The number of thiazole rings is 1. The van der Waals surface area contributed by atoms with Gasteiger partial charge in [0.2, 0.25) is 0 Å². The van der Waals surface area contributed by atoms with Gasteiger partial charge in [-0.2, -0.15) is 5.26 Å². The smallest absolute Gasteiger partial charge is 0.295 e. The van der Waals surface area contributed by atoms with E-state index in [1.54, 1.807) is 0 Å². The van der Waals surface area contributed by atoms with Crippen LogP contribution in [0.1, 0.15) is 5.01 Å². The van der Waals surface area contributed by atoms with E-state index in [9.17, 15) is 19.8 Å². The minimum atomic E-state index is -0.713. The Balaban J connectivity index is 1.88. The van der Waals surface area contributed by atoms with Gasteiger partial charge in [-0.05, 0) is 24.3 Å². The van der Waals surface area contributed by atoms with Gasteiger partial charge in [0, 0.05) is 21.6 Å². The highest BCUT2D eigenvalue weighted by Gasteiger charge is 2.15. The van der Waals surface area contributed by atoms with Crippen molar-refractivity contribution in [3.63, 3.8) is 0 Å². The molecular formula is C18H10BrFN4O2S. The first kappa shape index (κ1) is 18.7. The predicted octanol–water partition coefficient (Wildman–Crippen LogP) is 5.60. The van der Waals surface area contributed by atoms with E-state index < -0.39 is 16.4 Å². The minimum Gasteiger partial charge on any atom is -0.355 e. The zero-order chi connectivity index (χ0) is 19.4. The summed E-state index contributed by atoms with van der Waals surface area (Å²) in [6, 6.07) is 12.8. The van der Waals surface area contributed by atoms with E-state index in [1.165, 1.54) is 23.6 Å². The molecule has 6 nitrogen and oxygen atoms in total. The van der Waals surface area contributed by atoms with Crippen molar-refractivity contribution in [3.8, 4) is 17.3 Å². The summed E-state index contributed by atoms with van der Waals surface area (Å²) in [5, 5.41) is 25.4. The summed E-state index contributed by atoms with van der Waals surface area (Å²) in [6.07, 6.45) is 1.32. The average molecular weight is 445 g/mol. The van der Waals surface area contributed by atoms with Crippen molar-refractivity contribution in [2.75, 3.05) is 5.32 Å². The van der Waals surface area contributed by atoms with E-state index in [-0.39, 0.29) is 11.3 Å². The van der Waals surface area contributed by atoms with Crippen molar-refractivity contribution < 1.29 is 9.31 Å². The van der Waals surface area contributed by atoms with Crippen LogP contribution in [0, 0.1) is 27.3 Å². The Morgan fingerprint density at radius 1 is 1.37 bits per heavy atom. The molecule has 1 aromatic heterocycles. The Kier molecular flexibility index (Phi) is 5.59. The maximum atomic E-state index is 13.2. The summed E-state index contributed by atoms with van der Waals surface area (Å²) in [5.41, 5.74) is 1.48. The zero-order valence-corrected chi connectivity index (χ0v) is 15.9. The van der Waals surface area contributed by atoms with E-state index in [1.807, 2.05) is 35.7 Å². The average Bonchev–Trinajstić information content (AvgIpc) is 3.13. The standard InChI is InChI=1S/C18H10BrFN4O2S/c19-13-3-1-2-11(6-13)16-10-27-18(23-16)12(8-21)9-22-15-5-4-14(20)7-17(15)24(25)26/h1-7,9-10,22H/b12-9+. The molecule has 0 aliphatic rings. The molecule has 0 radical (unpaired) electrons. The van der Waals surface area contributed by atoms with Gasteiger partial charge < -0.3 is 5.32 Å². The molecule has 134 valence electrons. The van der Waals surface area contributed by atoms with Gasteiger partial charge in [-0.25, -0.2) is 9.37 Å². The number of nitro benzene ring substituents is 1. The third-order valence-corrected chi connectivity index (χ3v) is 4.87. The first-order valence-corrected chi connectivity index (χ1v) is 9.18. The van der Waals surface area contributed by atoms with Crippen molar-refractivity contribution >= 4 is 44.2 Å². The van der Waals surface area contributed by atoms with Gasteiger partial charge >= 0.3 is 0 Å². The van der Waals surface area contributed by atoms with Crippen LogP contribution in [0.5, 0.6) is 0 Å². The molecule has 0 bridgehead atoms. The largest absolute Gasteiger partial charge is 0.355 e. The fourth-order valence-electron chi connectivity index (χ4n) is 2.25. The molecule has 27 heavy (non-hydrogen) atoms. The van der Waals surface area contributed by atoms with Crippen molar-refractivity contribution in [2.24, 2.45) is 0 Å². The van der Waals surface area contributed by atoms with Crippen LogP contribution in [0.2, 0.25) is 0 Å². The Morgan fingerprint density at radius 3 is 2.89 bits per heavy atom. The highest BCUT2D eigenvalue weighted by Crippen LogP contribution is 2.29. The van der Waals surface area contributed by atoms with Gasteiger partial charge in [0.25, 0.3) is 5.69 Å². The summed E-state index contributed by atoms with van der Waals surface area (Å²) in [4.78, 5) is 14.8. The molecule has 0 saturated heterocycles. The molecule has 0 atom stereocenters. The lowest BCUT2D eigenvalue weighted by atomic mass is 10.2. The van der Waals surface area contributed by atoms with Crippen LogP contribution in [0.3, 0.4) is 0 Å². The molecule has 0 spiro atoms. The summed E-state index contributed by atoms with van der Waals surface area (Å²) in [7, 11) is 0. The summed E-state index contributed by atoms with van der Waals surface area (Å²) >= 11 is 4.68. The van der Waals surface area contributed by atoms with Crippen molar-refractivity contribution in [3.05, 3.63) is 79.5 Å². The second-order valence-corrected chi connectivity index (χ2v) is 7.05. The first-order valence-electron chi connectivity index (χ1n) is 7.50. The van der Waals surface area contributed by atoms with Gasteiger partial charge in [-0.1, -0.05) is 28.1 Å². The number of halogens is 2. The molecule has 3 rings (SSSR count). The molecule has 2 aromatic carbocycles. The second-order valence-electron chi connectivity index (χ2n) is 5.28. The Labute approximate surface area is 165 Å². The molecule has 0 aliphatic carbocycles.